The van der Waals surface area contributed by atoms with Crippen LogP contribution in [0, 0.1) is 11.2 Å². The summed E-state index contributed by atoms with van der Waals surface area (Å²) in [5.74, 6) is -0.453. The van der Waals surface area contributed by atoms with Crippen molar-refractivity contribution in [2.45, 2.75) is 45.7 Å². The quantitative estimate of drug-likeness (QED) is 0.343. The number of rotatable bonds is 4. The summed E-state index contributed by atoms with van der Waals surface area (Å²) in [5, 5.41) is 15.2. The summed E-state index contributed by atoms with van der Waals surface area (Å²) in [4.78, 5) is 0. The molecule has 1 atom stereocenters. The molecule has 0 aromatic heterocycles. The van der Waals surface area contributed by atoms with Crippen LogP contribution in [0.15, 0.2) is 23.4 Å². The van der Waals surface area contributed by atoms with Gasteiger partial charge in [0, 0.05) is 18.2 Å². The van der Waals surface area contributed by atoms with Crippen LogP contribution in [0.1, 0.15) is 44.2 Å². The smallest absolute Gasteiger partial charge is 0.170 e. The van der Waals surface area contributed by atoms with Gasteiger partial charge in [0.2, 0.25) is 0 Å². The molecule has 110 valence electrons. The van der Waals surface area contributed by atoms with E-state index in [1.54, 1.807) is 6.07 Å². The van der Waals surface area contributed by atoms with Gasteiger partial charge in [-0.05, 0) is 42.4 Å². The van der Waals surface area contributed by atoms with Crippen molar-refractivity contribution in [3.63, 3.8) is 0 Å². The average Bonchev–Trinajstić information content (AvgIpc) is 2.76. The lowest BCUT2D eigenvalue weighted by Crippen LogP contribution is -2.28. The van der Waals surface area contributed by atoms with Gasteiger partial charge in [0.15, 0.2) is 5.84 Å². The van der Waals surface area contributed by atoms with Crippen molar-refractivity contribution in [2.24, 2.45) is 16.3 Å². The number of hydrogen-bond acceptors (Lipinski definition) is 3. The zero-order valence-electron chi connectivity index (χ0n) is 12.0. The first-order chi connectivity index (χ1) is 9.41. The summed E-state index contributed by atoms with van der Waals surface area (Å²) in [6.45, 7) is 5.13. The van der Waals surface area contributed by atoms with E-state index < -0.39 is 5.82 Å². The number of hydrogen-bond donors (Lipinski definition) is 3. The lowest BCUT2D eigenvalue weighted by atomic mass is 9.92. The lowest BCUT2D eigenvalue weighted by molar-refractivity contribution is 0.318. The summed E-state index contributed by atoms with van der Waals surface area (Å²) in [6.07, 6.45) is 3.49. The summed E-state index contributed by atoms with van der Waals surface area (Å²) < 4.78 is 13.3. The Morgan fingerprint density at radius 3 is 2.90 bits per heavy atom. The van der Waals surface area contributed by atoms with E-state index in [1.807, 2.05) is 0 Å². The minimum absolute atomic E-state index is 0.0620. The van der Waals surface area contributed by atoms with Crippen LogP contribution in [-0.2, 0) is 6.54 Å². The van der Waals surface area contributed by atoms with Gasteiger partial charge in [-0.25, -0.2) is 4.39 Å². The highest BCUT2D eigenvalue weighted by Crippen LogP contribution is 2.37. The highest BCUT2D eigenvalue weighted by molar-refractivity contribution is 5.98. The molecule has 0 radical (unpaired) electrons. The van der Waals surface area contributed by atoms with Crippen molar-refractivity contribution in [1.82, 2.24) is 5.32 Å². The van der Waals surface area contributed by atoms with Crippen LogP contribution in [-0.4, -0.2) is 17.1 Å². The number of nitrogens with two attached hydrogens (primary N) is 1. The van der Waals surface area contributed by atoms with Crippen molar-refractivity contribution in [2.75, 3.05) is 0 Å². The molecule has 1 aliphatic carbocycles. The third kappa shape index (κ3) is 3.48. The predicted octanol–water partition coefficient (Wildman–Crippen LogP) is 2.59. The van der Waals surface area contributed by atoms with Crippen LogP contribution in [0.25, 0.3) is 0 Å². The summed E-state index contributed by atoms with van der Waals surface area (Å²) in [6, 6.07) is 4.83. The van der Waals surface area contributed by atoms with Crippen molar-refractivity contribution >= 4 is 5.84 Å². The number of nitrogens with zero attached hydrogens (tertiary/aromatic N) is 1. The number of amidine groups is 1. The number of halogens is 1. The molecule has 0 heterocycles. The highest BCUT2D eigenvalue weighted by atomic mass is 19.1. The second kappa shape index (κ2) is 5.79. The highest BCUT2D eigenvalue weighted by Gasteiger charge is 2.30. The first-order valence-electron chi connectivity index (χ1n) is 6.91. The Morgan fingerprint density at radius 1 is 1.55 bits per heavy atom. The monoisotopic (exact) mass is 279 g/mol. The fraction of sp³-hybridized carbons (Fsp3) is 0.533. The normalized spacial score (nSPS) is 22.1. The SMILES string of the molecule is CC1(C)CCC(NCc2ccc(F)cc2/C(N)=N/O)C1. The Kier molecular flexibility index (Phi) is 4.28. The number of nitrogens with one attached hydrogen (secondary N) is 1. The van der Waals surface area contributed by atoms with Crippen LogP contribution in [0.5, 0.6) is 0 Å². The zero-order valence-corrected chi connectivity index (χ0v) is 12.0. The third-order valence-electron chi connectivity index (χ3n) is 4.01. The molecule has 1 saturated carbocycles. The van der Waals surface area contributed by atoms with Crippen LogP contribution in [0.4, 0.5) is 4.39 Å². The third-order valence-corrected chi connectivity index (χ3v) is 4.01. The van der Waals surface area contributed by atoms with E-state index in [1.165, 1.54) is 18.6 Å². The topological polar surface area (TPSA) is 70.6 Å². The number of benzene rings is 1. The first-order valence-corrected chi connectivity index (χ1v) is 6.91. The maximum Gasteiger partial charge on any atom is 0.170 e. The maximum atomic E-state index is 13.3. The van der Waals surface area contributed by atoms with Crippen LogP contribution < -0.4 is 11.1 Å². The lowest BCUT2D eigenvalue weighted by Gasteiger charge is -2.18. The van der Waals surface area contributed by atoms with E-state index in [-0.39, 0.29) is 5.84 Å². The van der Waals surface area contributed by atoms with E-state index in [2.05, 4.69) is 24.3 Å². The second-order valence-electron chi connectivity index (χ2n) is 6.27. The summed E-state index contributed by atoms with van der Waals surface area (Å²) in [5.41, 5.74) is 7.26. The van der Waals surface area contributed by atoms with Crippen molar-refractivity contribution < 1.29 is 9.60 Å². The molecular weight excluding hydrogens is 257 g/mol. The van der Waals surface area contributed by atoms with Crippen molar-refractivity contribution in [3.05, 3.63) is 35.1 Å². The fourth-order valence-corrected chi connectivity index (χ4v) is 2.86. The van der Waals surface area contributed by atoms with Gasteiger partial charge >= 0.3 is 0 Å². The molecule has 20 heavy (non-hydrogen) atoms. The standard InChI is InChI=1S/C15H22FN3O/c1-15(2)6-5-12(8-15)18-9-10-3-4-11(16)7-13(10)14(17)19-20/h3-4,7,12,18,20H,5-6,8-9H2,1-2H3,(H2,17,19). The predicted molar refractivity (Wildman–Crippen MR) is 77.2 cm³/mol. The van der Waals surface area contributed by atoms with E-state index in [4.69, 9.17) is 10.9 Å². The maximum absolute atomic E-state index is 13.3. The van der Waals surface area contributed by atoms with E-state index >= 15 is 0 Å². The molecular formula is C15H22FN3O. The Balaban J connectivity index is 2.06. The van der Waals surface area contributed by atoms with Crippen molar-refractivity contribution in [1.29, 1.82) is 0 Å². The molecule has 4 N–H and O–H groups in total. The van der Waals surface area contributed by atoms with Crippen LogP contribution in [0.3, 0.4) is 0 Å². The average molecular weight is 279 g/mol. The molecule has 1 aromatic carbocycles. The molecule has 1 unspecified atom stereocenters. The van der Waals surface area contributed by atoms with Gasteiger partial charge in [0.1, 0.15) is 5.82 Å². The van der Waals surface area contributed by atoms with E-state index in [9.17, 15) is 4.39 Å². The van der Waals surface area contributed by atoms with Gasteiger partial charge < -0.3 is 16.3 Å². The van der Waals surface area contributed by atoms with E-state index in [0.29, 0.717) is 23.6 Å². The Bertz CT molecular complexity index is 514. The molecule has 0 spiro atoms. The van der Waals surface area contributed by atoms with Gasteiger partial charge in [0.05, 0.1) is 0 Å². The molecule has 4 nitrogen and oxygen atoms in total. The van der Waals surface area contributed by atoms with Gasteiger partial charge in [0.25, 0.3) is 0 Å². The van der Waals surface area contributed by atoms with E-state index in [0.717, 1.165) is 18.4 Å². The Labute approximate surface area is 118 Å². The Morgan fingerprint density at radius 2 is 2.30 bits per heavy atom. The molecule has 2 rings (SSSR count). The zero-order chi connectivity index (χ0) is 14.8. The molecule has 0 saturated heterocycles. The largest absolute Gasteiger partial charge is 0.409 e. The molecule has 1 aliphatic rings. The second-order valence-corrected chi connectivity index (χ2v) is 6.27. The van der Waals surface area contributed by atoms with Gasteiger partial charge in [-0.3, -0.25) is 0 Å². The molecule has 0 bridgehead atoms. The molecule has 5 heteroatoms. The van der Waals surface area contributed by atoms with Gasteiger partial charge in [-0.15, -0.1) is 0 Å². The molecule has 1 fully saturated rings. The van der Waals surface area contributed by atoms with Gasteiger partial charge in [-0.2, -0.15) is 0 Å². The molecule has 0 aliphatic heterocycles. The minimum Gasteiger partial charge on any atom is -0.409 e. The minimum atomic E-state index is -0.391. The van der Waals surface area contributed by atoms with Crippen molar-refractivity contribution in [3.8, 4) is 0 Å². The van der Waals surface area contributed by atoms with Crippen LogP contribution >= 0.6 is 0 Å². The Hall–Kier alpha value is -1.62. The first kappa shape index (κ1) is 14.8. The van der Waals surface area contributed by atoms with Crippen LogP contribution in [0.2, 0.25) is 0 Å². The summed E-state index contributed by atoms with van der Waals surface area (Å²) in [7, 11) is 0. The number of oxime groups is 1. The van der Waals surface area contributed by atoms with Gasteiger partial charge in [-0.1, -0.05) is 25.1 Å². The summed E-state index contributed by atoms with van der Waals surface area (Å²) >= 11 is 0. The fourth-order valence-electron chi connectivity index (χ4n) is 2.86. The molecule has 0 amide bonds. The molecule has 1 aromatic rings.